The molecule has 164 valence electrons. The Balaban J connectivity index is 1.43. The van der Waals surface area contributed by atoms with Gasteiger partial charge in [-0.1, -0.05) is 42.5 Å². The first kappa shape index (κ1) is 21.4. The zero-order chi connectivity index (χ0) is 22.5. The molecule has 0 fully saturated rings. The molecule has 0 aromatic heterocycles. The van der Waals surface area contributed by atoms with E-state index in [2.05, 4.69) is 5.32 Å². The number of ether oxygens (including phenoxy) is 2. The third-order valence-corrected chi connectivity index (χ3v) is 5.36. The largest absolute Gasteiger partial charge is 0.483 e. The molecule has 4 rings (SSSR count). The average molecular weight is 431 g/mol. The molecule has 0 unspecified atom stereocenters. The van der Waals surface area contributed by atoms with Crippen molar-refractivity contribution in [3.05, 3.63) is 83.4 Å². The van der Waals surface area contributed by atoms with E-state index in [1.54, 1.807) is 23.1 Å². The summed E-state index contributed by atoms with van der Waals surface area (Å²) in [6.45, 7) is 4.36. The highest BCUT2D eigenvalue weighted by molar-refractivity contribution is 5.99. The SMILES string of the molecule is Cc1ccc(C)c(OCC(=O)Nc2ccc3c(c2)N(CCc2ccccc2)C(=O)CO3)c1. The lowest BCUT2D eigenvalue weighted by molar-refractivity contribution is -0.121. The fraction of sp³-hybridized carbons (Fsp3) is 0.231. The van der Waals surface area contributed by atoms with Crippen LogP contribution in [0.1, 0.15) is 16.7 Å². The summed E-state index contributed by atoms with van der Waals surface area (Å²) < 4.78 is 11.3. The molecular weight excluding hydrogens is 404 g/mol. The van der Waals surface area contributed by atoms with Crippen molar-refractivity contribution >= 4 is 23.2 Å². The molecule has 0 aliphatic carbocycles. The molecule has 0 saturated carbocycles. The van der Waals surface area contributed by atoms with Crippen molar-refractivity contribution in [1.82, 2.24) is 0 Å². The topological polar surface area (TPSA) is 67.9 Å². The van der Waals surface area contributed by atoms with Gasteiger partial charge in [-0.25, -0.2) is 0 Å². The lowest BCUT2D eigenvalue weighted by Crippen LogP contribution is -2.40. The molecule has 0 spiro atoms. The second-order valence-corrected chi connectivity index (χ2v) is 7.86. The molecule has 3 aromatic rings. The molecule has 6 nitrogen and oxygen atoms in total. The highest BCUT2D eigenvalue weighted by Crippen LogP contribution is 2.34. The molecule has 6 heteroatoms. The first-order chi connectivity index (χ1) is 15.5. The number of amides is 2. The maximum Gasteiger partial charge on any atom is 0.265 e. The van der Waals surface area contributed by atoms with Gasteiger partial charge < -0.3 is 19.7 Å². The molecule has 1 aliphatic heterocycles. The van der Waals surface area contributed by atoms with Crippen molar-refractivity contribution in [2.45, 2.75) is 20.3 Å². The normalized spacial score (nSPS) is 12.7. The van der Waals surface area contributed by atoms with Gasteiger partial charge >= 0.3 is 0 Å². The zero-order valence-corrected chi connectivity index (χ0v) is 18.3. The van der Waals surface area contributed by atoms with Crippen LogP contribution in [0.4, 0.5) is 11.4 Å². The van der Waals surface area contributed by atoms with E-state index in [4.69, 9.17) is 9.47 Å². The molecule has 0 bridgehead atoms. The van der Waals surface area contributed by atoms with Gasteiger partial charge in [-0.2, -0.15) is 0 Å². The highest BCUT2D eigenvalue weighted by Gasteiger charge is 2.25. The summed E-state index contributed by atoms with van der Waals surface area (Å²) in [6, 6.07) is 21.2. The molecule has 2 amide bonds. The van der Waals surface area contributed by atoms with E-state index in [0.29, 0.717) is 29.4 Å². The number of benzene rings is 3. The van der Waals surface area contributed by atoms with E-state index < -0.39 is 0 Å². The van der Waals surface area contributed by atoms with Crippen molar-refractivity contribution < 1.29 is 19.1 Å². The van der Waals surface area contributed by atoms with Gasteiger partial charge in [0, 0.05) is 12.2 Å². The van der Waals surface area contributed by atoms with Gasteiger partial charge in [-0.3, -0.25) is 9.59 Å². The summed E-state index contributed by atoms with van der Waals surface area (Å²) >= 11 is 0. The third-order valence-electron chi connectivity index (χ3n) is 5.36. The van der Waals surface area contributed by atoms with Crippen LogP contribution in [-0.2, 0) is 16.0 Å². The van der Waals surface area contributed by atoms with Crippen LogP contribution in [-0.4, -0.2) is 31.6 Å². The Morgan fingerprint density at radius 1 is 1.06 bits per heavy atom. The summed E-state index contributed by atoms with van der Waals surface area (Å²) in [5.41, 5.74) is 4.44. The van der Waals surface area contributed by atoms with E-state index in [1.165, 1.54) is 0 Å². The Hall–Kier alpha value is -3.80. The fourth-order valence-electron chi connectivity index (χ4n) is 3.61. The second-order valence-electron chi connectivity index (χ2n) is 7.86. The molecule has 3 aromatic carbocycles. The smallest absolute Gasteiger partial charge is 0.265 e. The zero-order valence-electron chi connectivity index (χ0n) is 18.3. The lowest BCUT2D eigenvalue weighted by Gasteiger charge is -2.30. The summed E-state index contributed by atoms with van der Waals surface area (Å²) in [5, 5.41) is 2.85. The molecule has 1 heterocycles. The van der Waals surface area contributed by atoms with Crippen molar-refractivity contribution in [2.24, 2.45) is 0 Å². The van der Waals surface area contributed by atoms with Crippen molar-refractivity contribution in [1.29, 1.82) is 0 Å². The number of carbonyl (C=O) groups excluding carboxylic acids is 2. The predicted octanol–water partition coefficient (Wildman–Crippen LogP) is 4.29. The highest BCUT2D eigenvalue weighted by atomic mass is 16.5. The lowest BCUT2D eigenvalue weighted by atomic mass is 10.1. The number of hydrogen-bond donors (Lipinski definition) is 1. The number of fused-ring (bicyclic) bond motifs is 1. The Morgan fingerprint density at radius 2 is 1.88 bits per heavy atom. The van der Waals surface area contributed by atoms with Crippen LogP contribution in [0.15, 0.2) is 66.7 Å². The van der Waals surface area contributed by atoms with E-state index in [1.807, 2.05) is 62.4 Å². The number of rotatable bonds is 7. The van der Waals surface area contributed by atoms with Gasteiger partial charge in [0.25, 0.3) is 11.8 Å². The minimum absolute atomic E-state index is 0.0111. The molecule has 0 saturated heterocycles. The number of aryl methyl sites for hydroxylation is 2. The first-order valence-electron chi connectivity index (χ1n) is 10.6. The van der Waals surface area contributed by atoms with Gasteiger partial charge in [0.1, 0.15) is 11.5 Å². The van der Waals surface area contributed by atoms with Crippen LogP contribution < -0.4 is 19.7 Å². The van der Waals surface area contributed by atoms with E-state index >= 15 is 0 Å². The van der Waals surface area contributed by atoms with Crippen LogP contribution in [0.25, 0.3) is 0 Å². The van der Waals surface area contributed by atoms with Crippen LogP contribution in [0.2, 0.25) is 0 Å². The van der Waals surface area contributed by atoms with Crippen molar-refractivity contribution in [3.8, 4) is 11.5 Å². The van der Waals surface area contributed by atoms with Crippen LogP contribution in [0, 0.1) is 13.8 Å². The minimum Gasteiger partial charge on any atom is -0.483 e. The van der Waals surface area contributed by atoms with Crippen molar-refractivity contribution in [2.75, 3.05) is 30.0 Å². The van der Waals surface area contributed by atoms with Gasteiger partial charge in [0.2, 0.25) is 0 Å². The van der Waals surface area contributed by atoms with Crippen LogP contribution >= 0.6 is 0 Å². The quantitative estimate of drug-likeness (QED) is 0.607. The minimum atomic E-state index is -0.273. The van der Waals surface area contributed by atoms with Crippen LogP contribution in [0.5, 0.6) is 11.5 Å². The van der Waals surface area contributed by atoms with E-state index in [-0.39, 0.29) is 25.0 Å². The summed E-state index contributed by atoms with van der Waals surface area (Å²) in [6.07, 6.45) is 0.728. The Morgan fingerprint density at radius 3 is 2.69 bits per heavy atom. The maximum atomic E-state index is 12.5. The number of nitrogens with zero attached hydrogens (tertiary/aromatic N) is 1. The fourth-order valence-corrected chi connectivity index (χ4v) is 3.61. The summed E-state index contributed by atoms with van der Waals surface area (Å²) in [5.74, 6) is 0.943. The maximum absolute atomic E-state index is 12.5. The molecule has 0 atom stereocenters. The monoisotopic (exact) mass is 430 g/mol. The van der Waals surface area contributed by atoms with Gasteiger partial charge in [-0.05, 0) is 61.2 Å². The van der Waals surface area contributed by atoms with Gasteiger partial charge in [-0.15, -0.1) is 0 Å². The summed E-state index contributed by atoms with van der Waals surface area (Å²) in [7, 11) is 0. The Bertz CT molecular complexity index is 1130. The third kappa shape index (κ3) is 5.09. The number of carbonyl (C=O) groups is 2. The molecule has 1 aliphatic rings. The van der Waals surface area contributed by atoms with E-state index in [9.17, 15) is 9.59 Å². The Kier molecular flexibility index (Phi) is 6.40. The second kappa shape index (κ2) is 9.56. The molecular formula is C26H26N2O4. The van der Waals surface area contributed by atoms with Gasteiger partial charge in [0.05, 0.1) is 5.69 Å². The summed E-state index contributed by atoms with van der Waals surface area (Å²) in [4.78, 5) is 26.7. The predicted molar refractivity (Wildman–Crippen MR) is 124 cm³/mol. The van der Waals surface area contributed by atoms with E-state index in [0.717, 1.165) is 23.1 Å². The Labute approximate surface area is 187 Å². The molecule has 0 radical (unpaired) electrons. The number of nitrogens with one attached hydrogen (secondary N) is 1. The molecule has 32 heavy (non-hydrogen) atoms. The van der Waals surface area contributed by atoms with Gasteiger partial charge in [0.15, 0.2) is 13.2 Å². The van der Waals surface area contributed by atoms with Crippen LogP contribution in [0.3, 0.4) is 0 Å². The first-order valence-corrected chi connectivity index (χ1v) is 10.6. The standard InChI is InChI=1S/C26H26N2O4/c1-18-8-9-19(2)24(14-18)31-16-25(29)27-21-10-11-23-22(15-21)28(26(30)17-32-23)13-12-20-6-4-3-5-7-20/h3-11,14-15H,12-13,16-17H2,1-2H3,(H,27,29). The number of hydrogen-bond acceptors (Lipinski definition) is 4. The average Bonchev–Trinajstić information content (AvgIpc) is 2.79. The molecule has 1 N–H and O–H groups in total. The van der Waals surface area contributed by atoms with Crippen molar-refractivity contribution in [3.63, 3.8) is 0 Å². The number of anilines is 2.